The molecule has 5 saturated heterocycles. The molecule has 0 aromatic heterocycles. The van der Waals surface area contributed by atoms with Crippen molar-refractivity contribution in [3.63, 3.8) is 0 Å². The molecule has 4 saturated carbocycles. The third kappa shape index (κ3) is 7.47. The summed E-state index contributed by atoms with van der Waals surface area (Å²) in [6.45, 7) is 11.0. The van der Waals surface area contributed by atoms with Gasteiger partial charge in [0.15, 0.2) is 18.9 Å². The molecule has 9 rings (SSSR count). The monoisotopic (exact) mass is 900 g/mol. The van der Waals surface area contributed by atoms with Gasteiger partial charge in [-0.15, -0.1) is 0 Å². The summed E-state index contributed by atoms with van der Waals surface area (Å²) in [6.07, 6.45) is -15.4. The van der Waals surface area contributed by atoms with E-state index in [4.69, 9.17) is 37.9 Å². The Labute approximate surface area is 368 Å². The number of carbonyl (C=O) groups is 1. The molecule has 0 aromatic rings. The lowest BCUT2D eigenvalue weighted by molar-refractivity contribution is -0.389. The number of aliphatic hydroxyl groups is 9. The van der Waals surface area contributed by atoms with Gasteiger partial charge in [-0.2, -0.15) is 0 Å². The minimum Gasteiger partial charge on any atom is -0.430 e. The second-order valence-electron chi connectivity index (χ2n) is 21.5. The van der Waals surface area contributed by atoms with Crippen molar-refractivity contribution in [2.45, 2.75) is 216 Å². The summed E-state index contributed by atoms with van der Waals surface area (Å²) in [6, 6.07) is 0. The first kappa shape index (κ1) is 46.9. The van der Waals surface area contributed by atoms with Crippen LogP contribution in [0.15, 0.2) is 0 Å². The summed E-state index contributed by atoms with van der Waals surface area (Å²) >= 11 is 0. The molecular weight excluding hydrogens is 828 g/mol. The smallest absolute Gasteiger partial charge is 0.311 e. The van der Waals surface area contributed by atoms with Crippen molar-refractivity contribution in [2.75, 3.05) is 6.61 Å². The lowest BCUT2D eigenvalue weighted by atomic mass is 9.44. The maximum absolute atomic E-state index is 12.8. The summed E-state index contributed by atoms with van der Waals surface area (Å²) in [5.74, 6) is -0.206. The summed E-state index contributed by atoms with van der Waals surface area (Å²) < 4.78 is 49.3. The van der Waals surface area contributed by atoms with Crippen molar-refractivity contribution in [3.8, 4) is 0 Å². The lowest BCUT2D eigenvalue weighted by Gasteiger charge is -2.61. The highest BCUT2D eigenvalue weighted by molar-refractivity contribution is 5.73. The maximum Gasteiger partial charge on any atom is 0.311 e. The third-order valence-corrected chi connectivity index (χ3v) is 18.2. The van der Waals surface area contributed by atoms with Gasteiger partial charge in [0.25, 0.3) is 0 Å². The second kappa shape index (κ2) is 17.1. The molecule has 63 heavy (non-hydrogen) atoms. The zero-order chi connectivity index (χ0) is 45.2. The summed E-state index contributed by atoms with van der Waals surface area (Å²) in [4.78, 5) is 12.8. The number of carbonyl (C=O) groups excluding carboxylic acids is 1. The van der Waals surface area contributed by atoms with Crippen LogP contribution in [0, 0.1) is 52.3 Å². The normalized spacial score (nSPS) is 59.3. The Hall–Kier alpha value is -1.17. The Bertz CT molecular complexity index is 1660. The van der Waals surface area contributed by atoms with E-state index in [2.05, 4.69) is 20.8 Å². The molecule has 0 bridgehead atoms. The molecule has 9 fully saturated rings. The summed E-state index contributed by atoms with van der Waals surface area (Å²) in [5, 5.41) is 97.2. The third-order valence-electron chi connectivity index (χ3n) is 18.2. The fourth-order valence-electron chi connectivity index (χ4n) is 14.6. The zero-order valence-corrected chi connectivity index (χ0v) is 37.2. The summed E-state index contributed by atoms with van der Waals surface area (Å²) in [7, 11) is 0. The van der Waals surface area contributed by atoms with Crippen LogP contribution in [0.3, 0.4) is 0 Å². The van der Waals surface area contributed by atoms with Crippen molar-refractivity contribution in [1.82, 2.24) is 0 Å². The first-order chi connectivity index (χ1) is 29.7. The van der Waals surface area contributed by atoms with Crippen LogP contribution in [0.4, 0.5) is 0 Å². The molecule has 18 nitrogen and oxygen atoms in total. The molecule has 360 valence electrons. The van der Waals surface area contributed by atoms with Crippen LogP contribution in [-0.2, 0) is 42.7 Å². The number of aliphatic hydroxyl groups excluding tert-OH is 9. The van der Waals surface area contributed by atoms with Crippen LogP contribution in [0.1, 0.15) is 99.3 Å². The fraction of sp³-hybridized carbons (Fsp3) is 0.978. The molecule has 0 radical (unpaired) electrons. The Balaban J connectivity index is 0.900. The van der Waals surface area contributed by atoms with Crippen molar-refractivity contribution < 1.29 is 88.6 Å². The molecule has 0 amide bonds. The molecule has 9 aliphatic rings. The van der Waals surface area contributed by atoms with Crippen LogP contribution in [-0.4, -0.2) is 175 Å². The van der Waals surface area contributed by atoms with E-state index in [1.807, 2.05) is 0 Å². The van der Waals surface area contributed by atoms with Gasteiger partial charge in [-0.25, -0.2) is 0 Å². The number of esters is 1. The van der Waals surface area contributed by atoms with E-state index in [1.165, 1.54) is 13.8 Å². The van der Waals surface area contributed by atoms with Crippen LogP contribution < -0.4 is 0 Å². The average Bonchev–Trinajstić information content (AvgIpc) is 3.70. The predicted molar refractivity (Wildman–Crippen MR) is 214 cm³/mol. The fourth-order valence-corrected chi connectivity index (χ4v) is 14.6. The highest BCUT2D eigenvalue weighted by Gasteiger charge is 2.72. The molecule has 9 N–H and O–H groups in total. The minimum atomic E-state index is -1.72. The highest BCUT2D eigenvalue weighted by atomic mass is 16.8. The topological polar surface area (TPSA) is 273 Å². The Kier molecular flexibility index (Phi) is 12.7. The number of ether oxygens (including phenoxy) is 8. The zero-order valence-electron chi connectivity index (χ0n) is 37.2. The van der Waals surface area contributed by atoms with E-state index in [1.54, 1.807) is 6.92 Å². The van der Waals surface area contributed by atoms with E-state index >= 15 is 0 Å². The van der Waals surface area contributed by atoms with Crippen LogP contribution in [0.5, 0.6) is 0 Å². The quantitative estimate of drug-likeness (QED) is 0.118. The number of hydrogen-bond acceptors (Lipinski definition) is 18. The molecule has 18 heteroatoms. The molecule has 28 atom stereocenters. The van der Waals surface area contributed by atoms with Crippen molar-refractivity contribution in [2.24, 2.45) is 52.3 Å². The number of fused-ring (bicyclic) bond motifs is 7. The van der Waals surface area contributed by atoms with Gasteiger partial charge in [0, 0.05) is 5.92 Å². The Morgan fingerprint density at radius 2 is 1.25 bits per heavy atom. The predicted octanol–water partition coefficient (Wildman–Crippen LogP) is -0.181. The minimum absolute atomic E-state index is 0.0193. The van der Waals surface area contributed by atoms with Crippen LogP contribution in [0.25, 0.3) is 0 Å². The highest BCUT2D eigenvalue weighted by Crippen LogP contribution is 2.71. The molecule has 28 unspecified atom stereocenters. The van der Waals surface area contributed by atoms with Gasteiger partial charge in [0.1, 0.15) is 67.1 Å². The standard InChI is InChI=1S/C45H72O18/c1-17-13-28(47)45(63-39(17)55)18(2)29-26(62-45)15-25-23-8-7-21-14-22(9-11-43(21,5)24(23)10-12-44(25,29)6)58-42-38(61-41-35(53)33(51)31(49)20(4)57-41)36(54)37(27(16-46)59-42)60-40-34(52)32(50)30(48)19(3)56-40/h17-38,40-42,46-54H,7-16H2,1-6H3. The van der Waals surface area contributed by atoms with Crippen molar-refractivity contribution >= 4 is 5.97 Å². The number of rotatable bonds is 7. The Morgan fingerprint density at radius 3 is 1.89 bits per heavy atom. The lowest BCUT2D eigenvalue weighted by Crippen LogP contribution is -2.66. The van der Waals surface area contributed by atoms with Gasteiger partial charge in [-0.05, 0) is 112 Å². The SMILES string of the molecule is CC1CC(O)C2(OC1=O)OC1CC3C4CCC5CC(OC6OC(CO)C(OC7OC(C)C(O)C(O)C7O)C(O)C6OC6OC(C)C(O)C(O)C6O)CCC5(C)C4CCC3(C)C1C2C. The van der Waals surface area contributed by atoms with Crippen molar-refractivity contribution in [3.05, 3.63) is 0 Å². The van der Waals surface area contributed by atoms with E-state index in [0.717, 1.165) is 38.5 Å². The van der Waals surface area contributed by atoms with Gasteiger partial charge in [0.2, 0.25) is 5.79 Å². The van der Waals surface area contributed by atoms with E-state index in [-0.39, 0.29) is 46.8 Å². The largest absolute Gasteiger partial charge is 0.430 e. The number of hydrogen-bond donors (Lipinski definition) is 9. The van der Waals surface area contributed by atoms with Gasteiger partial charge >= 0.3 is 5.97 Å². The molecule has 0 aromatic carbocycles. The van der Waals surface area contributed by atoms with Gasteiger partial charge in [-0.1, -0.05) is 27.7 Å². The van der Waals surface area contributed by atoms with Gasteiger partial charge in [0.05, 0.1) is 36.9 Å². The van der Waals surface area contributed by atoms with Gasteiger partial charge in [-0.3, -0.25) is 4.79 Å². The molecule has 5 aliphatic heterocycles. The molecule has 5 heterocycles. The van der Waals surface area contributed by atoms with E-state index < -0.39 is 111 Å². The molecule has 1 spiro atoms. The maximum atomic E-state index is 12.8. The average molecular weight is 901 g/mol. The van der Waals surface area contributed by atoms with E-state index in [0.29, 0.717) is 42.9 Å². The van der Waals surface area contributed by atoms with Crippen LogP contribution in [0.2, 0.25) is 0 Å². The Morgan fingerprint density at radius 1 is 0.635 bits per heavy atom. The van der Waals surface area contributed by atoms with Crippen molar-refractivity contribution in [1.29, 1.82) is 0 Å². The summed E-state index contributed by atoms with van der Waals surface area (Å²) in [5.41, 5.74) is 0.00785. The molecular formula is C45H72O18. The first-order valence-corrected chi connectivity index (χ1v) is 23.6. The van der Waals surface area contributed by atoms with E-state index in [9.17, 15) is 50.8 Å². The van der Waals surface area contributed by atoms with Crippen LogP contribution >= 0.6 is 0 Å². The van der Waals surface area contributed by atoms with Gasteiger partial charge < -0.3 is 83.9 Å². The first-order valence-electron chi connectivity index (χ1n) is 23.6. The molecule has 4 aliphatic carbocycles. The second-order valence-corrected chi connectivity index (χ2v) is 21.5.